The second-order valence-corrected chi connectivity index (χ2v) is 12.3. The van der Waals surface area contributed by atoms with Crippen molar-refractivity contribution in [2.45, 2.75) is 135 Å². The van der Waals surface area contributed by atoms with Gasteiger partial charge in [-0.3, -0.25) is 4.79 Å². The minimum absolute atomic E-state index is 0.0291. The van der Waals surface area contributed by atoms with Gasteiger partial charge in [0.25, 0.3) is 0 Å². The van der Waals surface area contributed by atoms with E-state index in [9.17, 15) is 9.59 Å². The molecule has 0 saturated heterocycles. The number of allylic oxidation sites excluding steroid dienone is 1. The van der Waals surface area contributed by atoms with E-state index < -0.39 is 5.60 Å². The third-order valence-electron chi connectivity index (χ3n) is 6.48. The van der Waals surface area contributed by atoms with Crippen molar-refractivity contribution in [1.82, 2.24) is 5.32 Å². The fourth-order valence-corrected chi connectivity index (χ4v) is 5.32. The monoisotopic (exact) mass is 465 g/mol. The molecule has 1 saturated carbocycles. The first-order valence-electron chi connectivity index (χ1n) is 13.4. The van der Waals surface area contributed by atoms with Crippen LogP contribution in [0.5, 0.6) is 0 Å². The van der Waals surface area contributed by atoms with Crippen LogP contribution in [0.15, 0.2) is 11.6 Å². The third-order valence-corrected chi connectivity index (χ3v) is 7.87. The zero-order chi connectivity index (χ0) is 23.8. The maximum Gasteiger partial charge on any atom is 0.331 e. The maximum absolute atomic E-state index is 12.7. The van der Waals surface area contributed by atoms with Crippen LogP contribution in [0.4, 0.5) is 0 Å². The molecular formula is C27H51NO3Si. The van der Waals surface area contributed by atoms with Crippen LogP contribution in [-0.4, -0.2) is 34.3 Å². The minimum Gasteiger partial charge on any atom is -0.457 e. The van der Waals surface area contributed by atoms with Gasteiger partial charge in [0.1, 0.15) is 5.60 Å². The predicted molar refractivity (Wildman–Crippen MR) is 139 cm³/mol. The summed E-state index contributed by atoms with van der Waals surface area (Å²) in [5.41, 5.74) is 1.08. The van der Waals surface area contributed by atoms with Crippen molar-refractivity contribution in [3.8, 4) is 0 Å². The Hall–Kier alpha value is -1.10. The standard InChI is InChI=1S/C27H51NO3Si/c1-5-6-7-8-9-10-11-12-13-14-15-16-19-28-26(30)23-20-22(17-18-24(23)32)21-25(29)31-27(2,3)4/h21,23-24H,5-20H2,1-4,32H3,(H,28,30)/b22-21-/t23-,24?/m1/s1. The molecule has 1 amide bonds. The Kier molecular flexibility index (Phi) is 14.9. The molecule has 1 aliphatic carbocycles. The van der Waals surface area contributed by atoms with Crippen molar-refractivity contribution in [1.29, 1.82) is 0 Å². The van der Waals surface area contributed by atoms with Gasteiger partial charge < -0.3 is 10.1 Å². The smallest absolute Gasteiger partial charge is 0.331 e. The van der Waals surface area contributed by atoms with Crippen LogP contribution in [0.25, 0.3) is 0 Å². The van der Waals surface area contributed by atoms with Gasteiger partial charge >= 0.3 is 5.97 Å². The lowest BCUT2D eigenvalue weighted by Crippen LogP contribution is -2.36. The van der Waals surface area contributed by atoms with Crippen LogP contribution in [0.1, 0.15) is 124 Å². The minimum atomic E-state index is -0.478. The molecule has 4 nitrogen and oxygen atoms in total. The van der Waals surface area contributed by atoms with Gasteiger partial charge in [0.15, 0.2) is 0 Å². The van der Waals surface area contributed by atoms with Crippen molar-refractivity contribution in [3.05, 3.63) is 11.6 Å². The number of carbonyl (C=O) groups excluding carboxylic acids is 2. The molecule has 1 aliphatic rings. The van der Waals surface area contributed by atoms with Gasteiger partial charge in [-0.2, -0.15) is 0 Å². The zero-order valence-corrected chi connectivity index (χ0v) is 23.8. The second kappa shape index (κ2) is 16.5. The van der Waals surface area contributed by atoms with Gasteiger partial charge in [-0.1, -0.05) is 83.1 Å². The third kappa shape index (κ3) is 14.1. The SMILES string of the molecule is CCCCCCCCCCCCCCNC(=O)[C@@H]1C/C(=C\C(=O)OC(C)(C)C)CCC1[SiH3]. The van der Waals surface area contributed by atoms with Gasteiger partial charge in [0.2, 0.25) is 5.91 Å². The highest BCUT2D eigenvalue weighted by molar-refractivity contribution is 6.13. The molecule has 1 N–H and O–H groups in total. The summed E-state index contributed by atoms with van der Waals surface area (Å²) in [6.07, 6.45) is 20.2. The van der Waals surface area contributed by atoms with E-state index in [1.54, 1.807) is 6.08 Å². The molecular weight excluding hydrogens is 414 g/mol. The van der Waals surface area contributed by atoms with E-state index in [2.05, 4.69) is 12.2 Å². The highest BCUT2D eigenvalue weighted by Gasteiger charge is 2.30. The Morgan fingerprint density at radius 2 is 1.50 bits per heavy atom. The first-order chi connectivity index (χ1) is 15.2. The van der Waals surface area contributed by atoms with Crippen LogP contribution >= 0.6 is 0 Å². The summed E-state index contributed by atoms with van der Waals surface area (Å²) in [4.78, 5) is 24.8. The molecule has 1 rings (SSSR count). The predicted octanol–water partition coefficient (Wildman–Crippen LogP) is 6.03. The lowest BCUT2D eigenvalue weighted by Gasteiger charge is -2.30. The van der Waals surface area contributed by atoms with E-state index in [-0.39, 0.29) is 17.8 Å². The molecule has 186 valence electrons. The number of amides is 1. The van der Waals surface area contributed by atoms with Gasteiger partial charge in [-0.15, -0.1) is 0 Å². The van der Waals surface area contributed by atoms with Crippen LogP contribution < -0.4 is 5.32 Å². The Labute approximate surface area is 201 Å². The van der Waals surface area contributed by atoms with Gasteiger partial charge in [-0.05, 0) is 52.0 Å². The second-order valence-electron chi connectivity index (χ2n) is 10.8. The summed E-state index contributed by atoms with van der Waals surface area (Å²) in [6, 6.07) is 0. The number of rotatable bonds is 15. The summed E-state index contributed by atoms with van der Waals surface area (Å²) < 4.78 is 5.41. The van der Waals surface area contributed by atoms with Crippen LogP contribution in [-0.2, 0) is 14.3 Å². The first kappa shape index (κ1) is 28.9. The van der Waals surface area contributed by atoms with E-state index in [0.717, 1.165) is 41.6 Å². The normalized spacial score (nSPS) is 20.4. The van der Waals surface area contributed by atoms with Crippen LogP contribution in [0, 0.1) is 5.92 Å². The Morgan fingerprint density at radius 3 is 2.03 bits per heavy atom. The van der Waals surface area contributed by atoms with E-state index in [1.165, 1.54) is 70.6 Å². The molecule has 0 aliphatic heterocycles. The van der Waals surface area contributed by atoms with Crippen molar-refractivity contribution in [3.63, 3.8) is 0 Å². The molecule has 0 aromatic rings. The molecule has 0 bridgehead atoms. The highest BCUT2D eigenvalue weighted by Crippen LogP contribution is 2.36. The Bertz CT molecular complexity index is 568. The van der Waals surface area contributed by atoms with Crippen molar-refractivity contribution < 1.29 is 14.3 Å². The molecule has 5 heteroatoms. The van der Waals surface area contributed by atoms with Crippen molar-refractivity contribution in [2.24, 2.45) is 5.92 Å². The number of esters is 1. The Morgan fingerprint density at radius 1 is 0.969 bits per heavy atom. The van der Waals surface area contributed by atoms with E-state index >= 15 is 0 Å². The van der Waals surface area contributed by atoms with Crippen LogP contribution in [0.3, 0.4) is 0 Å². The number of ether oxygens (including phenoxy) is 1. The molecule has 0 aromatic heterocycles. The van der Waals surface area contributed by atoms with Crippen LogP contribution in [0.2, 0.25) is 5.54 Å². The largest absolute Gasteiger partial charge is 0.457 e. The molecule has 1 unspecified atom stereocenters. The summed E-state index contributed by atoms with van der Waals surface area (Å²) in [5.74, 6) is -0.0701. The highest BCUT2D eigenvalue weighted by atomic mass is 28.1. The lowest BCUT2D eigenvalue weighted by atomic mass is 9.84. The molecule has 32 heavy (non-hydrogen) atoms. The van der Waals surface area contributed by atoms with Gasteiger partial charge in [0, 0.05) is 28.8 Å². The number of hydrogen-bond acceptors (Lipinski definition) is 3. The molecule has 0 spiro atoms. The summed E-state index contributed by atoms with van der Waals surface area (Å²) in [7, 11) is 1.02. The zero-order valence-electron chi connectivity index (χ0n) is 21.8. The van der Waals surface area contributed by atoms with Gasteiger partial charge in [0.05, 0.1) is 0 Å². The average Bonchev–Trinajstić information content (AvgIpc) is 2.71. The number of unbranched alkanes of at least 4 members (excludes halogenated alkanes) is 11. The molecule has 1 fully saturated rings. The summed E-state index contributed by atoms with van der Waals surface area (Å²) in [6.45, 7) is 8.69. The molecule has 2 atom stereocenters. The molecule has 0 radical (unpaired) electrons. The number of nitrogens with one attached hydrogen (secondary N) is 1. The first-order valence-corrected chi connectivity index (χ1v) is 14.6. The van der Waals surface area contributed by atoms with E-state index in [1.807, 2.05) is 20.8 Å². The van der Waals surface area contributed by atoms with E-state index in [4.69, 9.17) is 4.74 Å². The fraction of sp³-hybridized carbons (Fsp3) is 0.852. The van der Waals surface area contributed by atoms with E-state index in [0.29, 0.717) is 12.0 Å². The lowest BCUT2D eigenvalue weighted by molar-refractivity contribution is -0.148. The fourth-order valence-electron chi connectivity index (χ4n) is 4.49. The maximum atomic E-state index is 12.7. The van der Waals surface area contributed by atoms with Crippen molar-refractivity contribution in [2.75, 3.05) is 6.54 Å². The molecule has 0 aromatic carbocycles. The van der Waals surface area contributed by atoms with Gasteiger partial charge in [-0.25, -0.2) is 4.79 Å². The number of hydrogen-bond donors (Lipinski definition) is 1. The topological polar surface area (TPSA) is 55.4 Å². The summed E-state index contributed by atoms with van der Waals surface area (Å²) in [5, 5.41) is 3.17. The van der Waals surface area contributed by atoms with Crippen molar-refractivity contribution >= 4 is 22.1 Å². The number of carbonyl (C=O) groups is 2. The summed E-state index contributed by atoms with van der Waals surface area (Å²) >= 11 is 0. The Balaban J connectivity index is 2.15. The average molecular weight is 466 g/mol. The quantitative estimate of drug-likeness (QED) is 0.139. The molecule has 0 heterocycles.